The van der Waals surface area contributed by atoms with Gasteiger partial charge >= 0.3 is 0 Å². The van der Waals surface area contributed by atoms with E-state index >= 15 is 0 Å². The predicted octanol–water partition coefficient (Wildman–Crippen LogP) is 5.77. The minimum absolute atomic E-state index is 0.0911. The number of amides is 1. The lowest BCUT2D eigenvalue weighted by Crippen LogP contribution is -2.28. The SMILES string of the molecule is CCCCc1nc2ccn(CC(=O)Nc3ccccc3)c(=O)c2n1Cc1ccc(-c2ccccc2C#N)cc1. The molecular weight excluding hydrogens is 486 g/mol. The largest absolute Gasteiger partial charge is 0.325 e. The Morgan fingerprint density at radius 1 is 0.974 bits per heavy atom. The van der Waals surface area contributed by atoms with Gasteiger partial charge < -0.3 is 14.5 Å². The molecule has 7 nitrogen and oxygen atoms in total. The lowest BCUT2D eigenvalue weighted by atomic mass is 9.99. The number of imidazole rings is 1. The van der Waals surface area contributed by atoms with Crippen molar-refractivity contribution >= 4 is 22.6 Å². The van der Waals surface area contributed by atoms with Crippen molar-refractivity contribution in [3.63, 3.8) is 0 Å². The van der Waals surface area contributed by atoms with Crippen LogP contribution in [0.1, 0.15) is 36.7 Å². The molecule has 5 rings (SSSR count). The number of hydrogen-bond acceptors (Lipinski definition) is 4. The summed E-state index contributed by atoms with van der Waals surface area (Å²) in [5.41, 5.74) is 5.06. The predicted molar refractivity (Wildman–Crippen MR) is 153 cm³/mol. The van der Waals surface area contributed by atoms with E-state index in [1.807, 2.05) is 83.4 Å². The first-order chi connectivity index (χ1) is 19.1. The van der Waals surface area contributed by atoms with Crippen LogP contribution in [0.15, 0.2) is 95.9 Å². The molecule has 194 valence electrons. The molecule has 0 aliphatic rings. The van der Waals surface area contributed by atoms with E-state index in [9.17, 15) is 14.9 Å². The second-order valence-corrected chi connectivity index (χ2v) is 9.47. The second kappa shape index (κ2) is 11.6. The zero-order chi connectivity index (χ0) is 27.2. The van der Waals surface area contributed by atoms with Crippen LogP contribution in [-0.4, -0.2) is 20.0 Å². The quantitative estimate of drug-likeness (QED) is 0.270. The summed E-state index contributed by atoms with van der Waals surface area (Å²) in [5.74, 6) is 0.586. The molecule has 0 aliphatic heterocycles. The average molecular weight is 516 g/mol. The smallest absolute Gasteiger partial charge is 0.277 e. The minimum atomic E-state index is -0.270. The van der Waals surface area contributed by atoms with E-state index in [0.29, 0.717) is 28.8 Å². The molecule has 0 saturated heterocycles. The van der Waals surface area contributed by atoms with Crippen LogP contribution in [0.25, 0.3) is 22.2 Å². The standard InChI is InChI=1S/C32H29N5O2/c1-2-3-13-29-35-28-18-19-36(22-30(38)34-26-10-5-4-6-11-26)32(39)31(28)37(29)21-23-14-16-24(17-15-23)27-12-8-7-9-25(27)20-33/h4-12,14-19H,2-3,13,21-22H2,1H3,(H,34,38). The Bertz CT molecular complexity index is 1710. The number of nitrogens with zero attached hydrogens (tertiary/aromatic N) is 4. The summed E-state index contributed by atoms with van der Waals surface area (Å²) in [6, 6.07) is 28.8. The maximum atomic E-state index is 13.6. The van der Waals surface area contributed by atoms with E-state index in [2.05, 4.69) is 18.3 Å². The third kappa shape index (κ3) is 5.65. The number of hydrogen-bond donors (Lipinski definition) is 1. The highest BCUT2D eigenvalue weighted by molar-refractivity contribution is 5.90. The van der Waals surface area contributed by atoms with Gasteiger partial charge in [-0.05, 0) is 47.4 Å². The van der Waals surface area contributed by atoms with E-state index in [4.69, 9.17) is 4.98 Å². The van der Waals surface area contributed by atoms with Crippen LogP contribution in [-0.2, 0) is 24.3 Å². The number of carbonyl (C=O) groups excluding carboxylic acids is 1. The number of nitrogens with one attached hydrogen (secondary N) is 1. The highest BCUT2D eigenvalue weighted by atomic mass is 16.2. The Morgan fingerprint density at radius 2 is 1.72 bits per heavy atom. The molecule has 3 aromatic carbocycles. The zero-order valence-electron chi connectivity index (χ0n) is 21.8. The molecule has 0 atom stereocenters. The topological polar surface area (TPSA) is 92.7 Å². The van der Waals surface area contributed by atoms with Crippen molar-refractivity contribution in [2.45, 2.75) is 39.3 Å². The van der Waals surface area contributed by atoms with Gasteiger partial charge in [0.15, 0.2) is 0 Å². The van der Waals surface area contributed by atoms with Crippen LogP contribution in [0.5, 0.6) is 0 Å². The molecule has 2 heterocycles. The molecule has 0 aliphatic carbocycles. The maximum Gasteiger partial charge on any atom is 0.277 e. The van der Waals surface area contributed by atoms with Gasteiger partial charge in [0.05, 0.1) is 17.1 Å². The molecule has 0 unspecified atom stereocenters. The first-order valence-corrected chi connectivity index (χ1v) is 13.1. The number of unbranched alkanes of at least 4 members (excludes halogenated alkanes) is 1. The first kappa shape index (κ1) is 25.7. The summed E-state index contributed by atoms with van der Waals surface area (Å²) >= 11 is 0. The molecule has 7 heteroatoms. The molecule has 1 amide bonds. The van der Waals surface area contributed by atoms with Crippen LogP contribution in [0.3, 0.4) is 0 Å². The third-order valence-corrected chi connectivity index (χ3v) is 6.73. The number of rotatable bonds is 9. The monoisotopic (exact) mass is 515 g/mol. The summed E-state index contributed by atoms with van der Waals surface area (Å²) in [6.07, 6.45) is 4.37. The summed E-state index contributed by atoms with van der Waals surface area (Å²) in [5, 5.41) is 12.3. The van der Waals surface area contributed by atoms with Gasteiger partial charge in [0, 0.05) is 24.8 Å². The Labute approximate surface area is 227 Å². The van der Waals surface area contributed by atoms with Crippen molar-refractivity contribution in [2.75, 3.05) is 5.32 Å². The van der Waals surface area contributed by atoms with Gasteiger partial charge in [-0.1, -0.05) is 74.0 Å². The molecule has 0 saturated carbocycles. The van der Waals surface area contributed by atoms with Crippen molar-refractivity contribution in [3.05, 3.63) is 118 Å². The fourth-order valence-corrected chi connectivity index (χ4v) is 4.73. The van der Waals surface area contributed by atoms with Gasteiger partial charge in [-0.15, -0.1) is 0 Å². The Balaban J connectivity index is 1.46. The van der Waals surface area contributed by atoms with Crippen LogP contribution in [0, 0.1) is 11.3 Å². The first-order valence-electron chi connectivity index (χ1n) is 13.1. The normalized spacial score (nSPS) is 10.9. The summed E-state index contributed by atoms with van der Waals surface area (Å²) in [4.78, 5) is 31.1. The van der Waals surface area contributed by atoms with Gasteiger partial charge in [0.1, 0.15) is 17.9 Å². The summed E-state index contributed by atoms with van der Waals surface area (Å²) in [7, 11) is 0. The van der Waals surface area contributed by atoms with E-state index < -0.39 is 0 Å². The number of carbonyl (C=O) groups is 1. The third-order valence-electron chi connectivity index (χ3n) is 6.73. The number of pyridine rings is 1. The van der Waals surface area contributed by atoms with E-state index in [0.717, 1.165) is 41.8 Å². The van der Waals surface area contributed by atoms with Crippen molar-refractivity contribution < 1.29 is 4.79 Å². The number of aromatic nitrogens is 3. The Hall–Kier alpha value is -4.96. The fourth-order valence-electron chi connectivity index (χ4n) is 4.73. The molecule has 0 fully saturated rings. The molecular formula is C32H29N5O2. The molecule has 39 heavy (non-hydrogen) atoms. The minimum Gasteiger partial charge on any atom is -0.325 e. The Kier molecular flexibility index (Phi) is 7.65. The highest BCUT2D eigenvalue weighted by Gasteiger charge is 2.17. The molecule has 0 spiro atoms. The molecule has 5 aromatic rings. The molecule has 1 N–H and O–H groups in total. The van der Waals surface area contributed by atoms with Crippen molar-refractivity contribution in [1.29, 1.82) is 5.26 Å². The molecule has 2 aromatic heterocycles. The van der Waals surface area contributed by atoms with Gasteiger partial charge in [-0.25, -0.2) is 4.98 Å². The fraction of sp³-hybridized carbons (Fsp3) is 0.188. The lowest BCUT2D eigenvalue weighted by molar-refractivity contribution is -0.116. The van der Waals surface area contributed by atoms with Gasteiger partial charge in [0.2, 0.25) is 5.91 Å². The van der Waals surface area contributed by atoms with E-state index in [1.165, 1.54) is 4.57 Å². The van der Waals surface area contributed by atoms with Crippen molar-refractivity contribution in [2.24, 2.45) is 0 Å². The maximum absolute atomic E-state index is 13.6. The number of fused-ring (bicyclic) bond motifs is 1. The number of aryl methyl sites for hydroxylation is 1. The Morgan fingerprint density at radius 3 is 2.46 bits per heavy atom. The van der Waals surface area contributed by atoms with Crippen LogP contribution in [0.2, 0.25) is 0 Å². The lowest BCUT2D eigenvalue weighted by Gasteiger charge is -2.12. The number of para-hydroxylation sites is 1. The van der Waals surface area contributed by atoms with Gasteiger partial charge in [-0.3, -0.25) is 9.59 Å². The van der Waals surface area contributed by atoms with Crippen LogP contribution < -0.4 is 10.9 Å². The summed E-state index contributed by atoms with van der Waals surface area (Å²) < 4.78 is 3.42. The van der Waals surface area contributed by atoms with Gasteiger partial charge in [-0.2, -0.15) is 5.26 Å². The van der Waals surface area contributed by atoms with Crippen LogP contribution in [0.4, 0.5) is 5.69 Å². The average Bonchev–Trinajstić information content (AvgIpc) is 3.32. The number of anilines is 1. The number of nitriles is 1. The van der Waals surface area contributed by atoms with Gasteiger partial charge in [0.25, 0.3) is 5.56 Å². The zero-order valence-corrected chi connectivity index (χ0v) is 21.8. The van der Waals surface area contributed by atoms with E-state index in [-0.39, 0.29) is 18.0 Å². The molecule has 0 bridgehead atoms. The highest BCUT2D eigenvalue weighted by Crippen LogP contribution is 2.24. The number of benzene rings is 3. The van der Waals surface area contributed by atoms with Crippen LogP contribution >= 0.6 is 0 Å². The van der Waals surface area contributed by atoms with Crippen molar-refractivity contribution in [1.82, 2.24) is 14.1 Å². The van der Waals surface area contributed by atoms with Crippen molar-refractivity contribution in [3.8, 4) is 17.2 Å². The summed E-state index contributed by atoms with van der Waals surface area (Å²) in [6.45, 7) is 2.51. The van der Waals surface area contributed by atoms with E-state index in [1.54, 1.807) is 12.3 Å². The molecule has 0 radical (unpaired) electrons. The second-order valence-electron chi connectivity index (χ2n) is 9.47.